The number of hydrogen-bond donors (Lipinski definition) is 1. The molecule has 15 heavy (non-hydrogen) atoms. The van der Waals surface area contributed by atoms with Crippen LogP contribution >= 0.6 is 0 Å². The van der Waals surface area contributed by atoms with E-state index in [0.717, 1.165) is 11.1 Å². The molecule has 2 N–H and O–H groups in total. The second kappa shape index (κ2) is 3.90. The molecule has 1 amide bonds. The molecular weight excluding hydrogens is 192 g/mol. The molecule has 1 saturated heterocycles. The Hall–Kier alpha value is -1.55. The number of hydrogen-bond acceptors (Lipinski definition) is 3. The van der Waals surface area contributed by atoms with Crippen molar-refractivity contribution >= 4 is 6.09 Å². The van der Waals surface area contributed by atoms with Crippen molar-refractivity contribution in [3.63, 3.8) is 0 Å². The van der Waals surface area contributed by atoms with Gasteiger partial charge in [0.15, 0.2) is 0 Å². The topological polar surface area (TPSA) is 55.6 Å². The molecule has 1 unspecified atom stereocenters. The minimum atomic E-state index is -0.266. The maximum absolute atomic E-state index is 11.2. The van der Waals surface area contributed by atoms with E-state index < -0.39 is 0 Å². The van der Waals surface area contributed by atoms with E-state index in [1.165, 1.54) is 0 Å². The monoisotopic (exact) mass is 206 g/mol. The zero-order valence-electron chi connectivity index (χ0n) is 8.64. The van der Waals surface area contributed by atoms with Gasteiger partial charge < -0.3 is 15.4 Å². The van der Waals surface area contributed by atoms with Crippen molar-refractivity contribution in [3.05, 3.63) is 35.4 Å². The molecule has 0 spiro atoms. The van der Waals surface area contributed by atoms with Crippen LogP contribution in [0.25, 0.3) is 0 Å². The molecule has 1 aliphatic rings. The van der Waals surface area contributed by atoms with Crippen LogP contribution in [-0.2, 0) is 11.3 Å². The lowest BCUT2D eigenvalue weighted by Crippen LogP contribution is -2.17. The number of amides is 1. The van der Waals surface area contributed by atoms with E-state index in [-0.39, 0.29) is 12.2 Å². The first-order valence-electron chi connectivity index (χ1n) is 4.91. The molecule has 1 aromatic rings. The molecule has 1 heterocycles. The van der Waals surface area contributed by atoms with Crippen LogP contribution in [0.2, 0.25) is 0 Å². The van der Waals surface area contributed by atoms with Crippen molar-refractivity contribution in [2.45, 2.75) is 12.6 Å². The summed E-state index contributed by atoms with van der Waals surface area (Å²) in [6.45, 7) is 1.11. The van der Waals surface area contributed by atoms with Crippen molar-refractivity contribution in [3.8, 4) is 0 Å². The third-order valence-corrected chi connectivity index (χ3v) is 2.55. The Labute approximate surface area is 88.6 Å². The van der Waals surface area contributed by atoms with Crippen LogP contribution in [0.4, 0.5) is 4.79 Å². The fourth-order valence-corrected chi connectivity index (χ4v) is 1.67. The molecule has 0 bridgehead atoms. The molecule has 0 saturated carbocycles. The first-order valence-corrected chi connectivity index (χ1v) is 4.91. The molecule has 1 aliphatic heterocycles. The van der Waals surface area contributed by atoms with Gasteiger partial charge in [-0.25, -0.2) is 4.79 Å². The molecular formula is C11H14N2O2. The Kier molecular flexibility index (Phi) is 2.60. The molecule has 80 valence electrons. The summed E-state index contributed by atoms with van der Waals surface area (Å²) in [6.07, 6.45) is -0.424. The van der Waals surface area contributed by atoms with E-state index in [1.54, 1.807) is 11.9 Å². The van der Waals surface area contributed by atoms with Gasteiger partial charge in [-0.1, -0.05) is 24.3 Å². The zero-order valence-corrected chi connectivity index (χ0v) is 8.64. The Morgan fingerprint density at radius 2 is 2.40 bits per heavy atom. The second-order valence-corrected chi connectivity index (χ2v) is 3.70. The molecule has 0 aliphatic carbocycles. The molecule has 4 heteroatoms. The largest absolute Gasteiger partial charge is 0.439 e. The number of nitrogens with two attached hydrogens (primary N) is 1. The summed E-state index contributed by atoms with van der Waals surface area (Å²) in [5.74, 6) is 0. The van der Waals surface area contributed by atoms with Gasteiger partial charge in [-0.05, 0) is 11.1 Å². The number of ether oxygens (including phenoxy) is 1. The molecule has 0 radical (unpaired) electrons. The molecule has 4 nitrogen and oxygen atoms in total. The van der Waals surface area contributed by atoms with Crippen LogP contribution in [0.3, 0.4) is 0 Å². The lowest BCUT2D eigenvalue weighted by molar-refractivity contribution is 0.135. The van der Waals surface area contributed by atoms with Crippen LogP contribution in [0.1, 0.15) is 17.2 Å². The summed E-state index contributed by atoms with van der Waals surface area (Å²) < 4.78 is 5.21. The number of rotatable bonds is 2. The standard InChI is InChI=1S/C11H14N2O2/c1-13-7-10(15-11(13)14)9-4-2-3-8(5-9)6-12/h2-5,10H,6-7,12H2,1H3. The van der Waals surface area contributed by atoms with E-state index in [4.69, 9.17) is 10.5 Å². The lowest BCUT2D eigenvalue weighted by atomic mass is 10.1. The van der Waals surface area contributed by atoms with Gasteiger partial charge in [0.1, 0.15) is 6.10 Å². The number of likely N-dealkylation sites (N-methyl/N-ethyl adjacent to an activating group) is 1. The molecule has 1 atom stereocenters. The highest BCUT2D eigenvalue weighted by Crippen LogP contribution is 2.25. The zero-order chi connectivity index (χ0) is 10.8. The molecule has 2 rings (SSSR count). The number of carbonyl (C=O) groups excluding carboxylic acids is 1. The van der Waals surface area contributed by atoms with Gasteiger partial charge in [-0.2, -0.15) is 0 Å². The van der Waals surface area contributed by atoms with Crippen LogP contribution in [0.5, 0.6) is 0 Å². The predicted octanol–water partition coefficient (Wildman–Crippen LogP) is 1.27. The summed E-state index contributed by atoms with van der Waals surface area (Å²) in [5, 5.41) is 0. The van der Waals surface area contributed by atoms with E-state index in [1.807, 2.05) is 24.3 Å². The highest BCUT2D eigenvalue weighted by Gasteiger charge is 2.29. The highest BCUT2D eigenvalue weighted by molar-refractivity contribution is 5.69. The second-order valence-electron chi connectivity index (χ2n) is 3.70. The molecule has 1 fully saturated rings. The molecule has 1 aromatic carbocycles. The predicted molar refractivity (Wildman–Crippen MR) is 56.2 cm³/mol. The van der Waals surface area contributed by atoms with E-state index in [0.29, 0.717) is 13.1 Å². The Balaban J connectivity index is 2.19. The van der Waals surface area contributed by atoms with Crippen LogP contribution in [0, 0.1) is 0 Å². The van der Waals surface area contributed by atoms with Gasteiger partial charge in [0, 0.05) is 13.6 Å². The highest BCUT2D eigenvalue weighted by atomic mass is 16.6. The third-order valence-electron chi connectivity index (χ3n) is 2.55. The lowest BCUT2D eigenvalue weighted by Gasteiger charge is -2.09. The fourth-order valence-electron chi connectivity index (χ4n) is 1.67. The SMILES string of the molecule is CN1CC(c2cccc(CN)c2)OC1=O. The van der Waals surface area contributed by atoms with Crippen molar-refractivity contribution in [1.29, 1.82) is 0 Å². The fraction of sp³-hybridized carbons (Fsp3) is 0.364. The Morgan fingerprint density at radius 3 is 3.00 bits per heavy atom. The summed E-state index contributed by atoms with van der Waals surface area (Å²) in [4.78, 5) is 12.8. The normalized spacial score (nSPS) is 20.5. The maximum Gasteiger partial charge on any atom is 0.410 e. The quantitative estimate of drug-likeness (QED) is 0.792. The Bertz CT molecular complexity index is 379. The van der Waals surface area contributed by atoms with Crippen LogP contribution in [0.15, 0.2) is 24.3 Å². The maximum atomic E-state index is 11.2. The van der Waals surface area contributed by atoms with Gasteiger partial charge in [0.25, 0.3) is 0 Å². The van der Waals surface area contributed by atoms with Crippen LogP contribution in [-0.4, -0.2) is 24.6 Å². The van der Waals surface area contributed by atoms with Crippen molar-refractivity contribution in [2.75, 3.05) is 13.6 Å². The number of cyclic esters (lactones) is 1. The first-order chi connectivity index (χ1) is 7.20. The number of nitrogens with zero attached hydrogens (tertiary/aromatic N) is 1. The van der Waals surface area contributed by atoms with Gasteiger partial charge in [0.05, 0.1) is 6.54 Å². The first kappa shape index (κ1) is 9.98. The minimum absolute atomic E-state index is 0.158. The summed E-state index contributed by atoms with van der Waals surface area (Å²) in [5.41, 5.74) is 7.62. The Morgan fingerprint density at radius 1 is 1.60 bits per heavy atom. The van der Waals surface area contributed by atoms with Gasteiger partial charge in [-0.3, -0.25) is 0 Å². The summed E-state index contributed by atoms with van der Waals surface area (Å²) in [7, 11) is 1.73. The van der Waals surface area contributed by atoms with E-state index in [9.17, 15) is 4.79 Å². The summed E-state index contributed by atoms with van der Waals surface area (Å²) >= 11 is 0. The van der Waals surface area contributed by atoms with Gasteiger partial charge in [0.2, 0.25) is 0 Å². The van der Waals surface area contributed by atoms with Crippen LogP contribution < -0.4 is 5.73 Å². The average molecular weight is 206 g/mol. The summed E-state index contributed by atoms with van der Waals surface area (Å²) in [6, 6.07) is 7.83. The van der Waals surface area contributed by atoms with Crippen molar-refractivity contribution < 1.29 is 9.53 Å². The average Bonchev–Trinajstić information content (AvgIpc) is 2.59. The molecule has 0 aromatic heterocycles. The van der Waals surface area contributed by atoms with E-state index in [2.05, 4.69) is 0 Å². The van der Waals surface area contributed by atoms with Gasteiger partial charge >= 0.3 is 6.09 Å². The minimum Gasteiger partial charge on any atom is -0.439 e. The smallest absolute Gasteiger partial charge is 0.410 e. The number of carbonyl (C=O) groups is 1. The van der Waals surface area contributed by atoms with E-state index >= 15 is 0 Å². The third kappa shape index (κ3) is 1.94. The number of benzene rings is 1. The van der Waals surface area contributed by atoms with Gasteiger partial charge in [-0.15, -0.1) is 0 Å². The van der Waals surface area contributed by atoms with Crippen molar-refractivity contribution in [2.24, 2.45) is 5.73 Å². The van der Waals surface area contributed by atoms with Crippen molar-refractivity contribution in [1.82, 2.24) is 4.90 Å².